The molecule has 0 aliphatic carbocycles. The van der Waals surface area contributed by atoms with Crippen LogP contribution in [0.5, 0.6) is 0 Å². The highest BCUT2D eigenvalue weighted by Gasteiger charge is 2.10. The van der Waals surface area contributed by atoms with Gasteiger partial charge in [0.1, 0.15) is 6.33 Å². The van der Waals surface area contributed by atoms with Gasteiger partial charge >= 0.3 is 5.69 Å². The number of carbonyl (C=O) groups excluding carboxylic acids is 1. The molecular formula is C16H13N5O2. The van der Waals surface area contributed by atoms with Crippen LogP contribution in [-0.4, -0.2) is 32.5 Å². The van der Waals surface area contributed by atoms with Crippen molar-refractivity contribution in [1.82, 2.24) is 24.8 Å². The zero-order valence-corrected chi connectivity index (χ0v) is 12.3. The van der Waals surface area contributed by atoms with E-state index in [4.69, 9.17) is 0 Å². The molecule has 2 aromatic carbocycles. The third-order valence-electron chi connectivity index (χ3n) is 3.81. The van der Waals surface area contributed by atoms with Gasteiger partial charge in [-0.3, -0.25) is 9.36 Å². The molecule has 0 aliphatic rings. The fraction of sp³-hybridized carbons (Fsp3) is 0.0625. The lowest BCUT2D eigenvalue weighted by Crippen LogP contribution is -2.17. The number of nitrogens with zero attached hydrogens (tertiary/aromatic N) is 2. The van der Waals surface area contributed by atoms with Crippen LogP contribution < -0.4 is 11.0 Å². The highest BCUT2D eigenvalue weighted by atomic mass is 16.1. The van der Waals surface area contributed by atoms with Gasteiger partial charge in [0.25, 0.3) is 5.91 Å². The van der Waals surface area contributed by atoms with Gasteiger partial charge in [0.2, 0.25) is 0 Å². The topological polar surface area (TPSA) is 95.6 Å². The zero-order chi connectivity index (χ0) is 16.0. The summed E-state index contributed by atoms with van der Waals surface area (Å²) in [5, 5.41) is 2.60. The van der Waals surface area contributed by atoms with Crippen LogP contribution in [-0.2, 0) is 0 Å². The van der Waals surface area contributed by atoms with Gasteiger partial charge in [-0.2, -0.15) is 0 Å². The number of nitrogens with one attached hydrogen (secondary N) is 3. The number of benzene rings is 2. The molecule has 7 heteroatoms. The molecule has 3 N–H and O–H groups in total. The maximum atomic E-state index is 11.7. The Hall–Kier alpha value is -3.35. The first kappa shape index (κ1) is 13.3. The van der Waals surface area contributed by atoms with E-state index in [0.29, 0.717) is 5.56 Å². The van der Waals surface area contributed by atoms with Crippen LogP contribution in [0.25, 0.3) is 27.8 Å². The van der Waals surface area contributed by atoms with Crippen LogP contribution in [0.3, 0.4) is 0 Å². The number of amides is 1. The Morgan fingerprint density at radius 2 is 1.96 bits per heavy atom. The van der Waals surface area contributed by atoms with E-state index >= 15 is 0 Å². The van der Waals surface area contributed by atoms with Gasteiger partial charge in [-0.15, -0.1) is 0 Å². The summed E-state index contributed by atoms with van der Waals surface area (Å²) in [5.41, 5.74) is 4.31. The molecule has 0 aliphatic heterocycles. The summed E-state index contributed by atoms with van der Waals surface area (Å²) in [5.74, 6) is -0.146. The van der Waals surface area contributed by atoms with E-state index in [2.05, 4.69) is 20.3 Å². The van der Waals surface area contributed by atoms with Crippen LogP contribution in [0.4, 0.5) is 0 Å². The number of aromatic nitrogens is 4. The van der Waals surface area contributed by atoms with E-state index < -0.39 is 0 Å². The van der Waals surface area contributed by atoms with Crippen molar-refractivity contribution in [2.45, 2.75) is 0 Å². The molecule has 0 saturated heterocycles. The first-order chi connectivity index (χ1) is 11.2. The molecule has 0 saturated carbocycles. The zero-order valence-electron chi connectivity index (χ0n) is 12.3. The maximum Gasteiger partial charge on any atom is 0.323 e. The van der Waals surface area contributed by atoms with E-state index in [1.807, 2.05) is 28.8 Å². The Labute approximate surface area is 130 Å². The molecule has 0 bridgehead atoms. The molecule has 4 aromatic rings. The van der Waals surface area contributed by atoms with Gasteiger partial charge in [0.05, 0.1) is 22.1 Å². The molecule has 114 valence electrons. The van der Waals surface area contributed by atoms with E-state index in [0.717, 1.165) is 27.8 Å². The van der Waals surface area contributed by atoms with Crippen molar-refractivity contribution in [3.63, 3.8) is 0 Å². The van der Waals surface area contributed by atoms with Crippen molar-refractivity contribution in [3.05, 3.63) is 58.8 Å². The SMILES string of the molecule is CNC(=O)c1ccc2c(c1)ncn2-c1ccc2[nH]c(=O)[nH]c2c1. The molecule has 23 heavy (non-hydrogen) atoms. The molecule has 7 nitrogen and oxygen atoms in total. The Morgan fingerprint density at radius 3 is 2.78 bits per heavy atom. The van der Waals surface area contributed by atoms with Gasteiger partial charge in [-0.25, -0.2) is 9.78 Å². The highest BCUT2D eigenvalue weighted by Crippen LogP contribution is 2.21. The average molecular weight is 307 g/mol. The van der Waals surface area contributed by atoms with E-state index in [1.165, 1.54) is 0 Å². The smallest absolute Gasteiger partial charge is 0.323 e. The monoisotopic (exact) mass is 307 g/mol. The first-order valence-corrected chi connectivity index (χ1v) is 7.07. The number of fused-ring (bicyclic) bond motifs is 2. The number of imidazole rings is 2. The summed E-state index contributed by atoms with van der Waals surface area (Å²) in [7, 11) is 1.60. The molecule has 1 amide bonds. The summed E-state index contributed by atoms with van der Waals surface area (Å²) in [6, 6.07) is 11.0. The summed E-state index contributed by atoms with van der Waals surface area (Å²) in [6.07, 6.45) is 1.70. The molecule has 0 atom stereocenters. The minimum Gasteiger partial charge on any atom is -0.355 e. The fourth-order valence-electron chi connectivity index (χ4n) is 2.67. The maximum absolute atomic E-state index is 11.7. The average Bonchev–Trinajstić information content (AvgIpc) is 3.14. The van der Waals surface area contributed by atoms with Crippen molar-refractivity contribution >= 4 is 28.0 Å². The number of carbonyl (C=O) groups is 1. The Bertz CT molecular complexity index is 1100. The van der Waals surface area contributed by atoms with Gasteiger partial charge < -0.3 is 15.3 Å². The molecule has 0 spiro atoms. The summed E-state index contributed by atoms with van der Waals surface area (Å²) >= 11 is 0. The third-order valence-corrected chi connectivity index (χ3v) is 3.81. The second kappa shape index (κ2) is 4.84. The number of hydrogen-bond donors (Lipinski definition) is 3. The molecule has 0 unspecified atom stereocenters. The van der Waals surface area contributed by atoms with Gasteiger partial charge in [-0.05, 0) is 36.4 Å². The van der Waals surface area contributed by atoms with Crippen molar-refractivity contribution in [3.8, 4) is 5.69 Å². The van der Waals surface area contributed by atoms with Crippen LogP contribution in [0.1, 0.15) is 10.4 Å². The largest absolute Gasteiger partial charge is 0.355 e. The number of hydrogen-bond acceptors (Lipinski definition) is 3. The van der Waals surface area contributed by atoms with E-state index in [1.54, 1.807) is 25.5 Å². The fourth-order valence-corrected chi connectivity index (χ4v) is 2.67. The predicted octanol–water partition coefficient (Wildman–Crippen LogP) is 1.55. The summed E-state index contributed by atoms with van der Waals surface area (Å²) < 4.78 is 1.91. The quantitative estimate of drug-likeness (QED) is 0.524. The standard InChI is InChI=1S/C16H13N5O2/c1-17-15(22)9-2-5-14-13(6-9)18-8-21(14)10-3-4-11-12(7-10)20-16(23)19-11/h2-8H,1H3,(H,17,22)(H2,19,20,23). The van der Waals surface area contributed by atoms with Gasteiger partial charge in [0.15, 0.2) is 0 Å². The molecule has 2 heterocycles. The number of H-pyrrole nitrogens is 2. The van der Waals surface area contributed by atoms with Crippen molar-refractivity contribution in [1.29, 1.82) is 0 Å². The molecular weight excluding hydrogens is 294 g/mol. The van der Waals surface area contributed by atoms with Crippen molar-refractivity contribution in [2.75, 3.05) is 7.05 Å². The second-order valence-corrected chi connectivity index (χ2v) is 5.21. The van der Waals surface area contributed by atoms with Crippen LogP contribution >= 0.6 is 0 Å². The Morgan fingerprint density at radius 1 is 1.13 bits per heavy atom. The minimum absolute atomic E-state index is 0.146. The Kier molecular flexibility index (Phi) is 2.80. The van der Waals surface area contributed by atoms with Crippen molar-refractivity contribution < 1.29 is 4.79 Å². The van der Waals surface area contributed by atoms with Crippen molar-refractivity contribution in [2.24, 2.45) is 0 Å². The third kappa shape index (κ3) is 2.10. The lowest BCUT2D eigenvalue weighted by atomic mass is 10.2. The van der Waals surface area contributed by atoms with Gasteiger partial charge in [0, 0.05) is 18.3 Å². The highest BCUT2D eigenvalue weighted by molar-refractivity contribution is 5.97. The normalized spacial score (nSPS) is 11.2. The second-order valence-electron chi connectivity index (χ2n) is 5.21. The molecule has 0 fully saturated rings. The molecule has 2 aromatic heterocycles. The molecule has 4 rings (SSSR count). The predicted molar refractivity (Wildman–Crippen MR) is 86.9 cm³/mol. The molecule has 0 radical (unpaired) electrons. The van der Waals surface area contributed by atoms with E-state index in [-0.39, 0.29) is 11.6 Å². The lowest BCUT2D eigenvalue weighted by molar-refractivity contribution is 0.0963. The number of aromatic amines is 2. The van der Waals surface area contributed by atoms with Crippen LogP contribution in [0.15, 0.2) is 47.5 Å². The summed E-state index contributed by atoms with van der Waals surface area (Å²) in [6.45, 7) is 0. The van der Waals surface area contributed by atoms with Crippen LogP contribution in [0.2, 0.25) is 0 Å². The van der Waals surface area contributed by atoms with E-state index in [9.17, 15) is 9.59 Å². The number of rotatable bonds is 2. The van der Waals surface area contributed by atoms with Gasteiger partial charge in [-0.1, -0.05) is 0 Å². The summed E-state index contributed by atoms with van der Waals surface area (Å²) in [4.78, 5) is 32.9. The van der Waals surface area contributed by atoms with Crippen LogP contribution in [0, 0.1) is 0 Å². The first-order valence-electron chi connectivity index (χ1n) is 7.07. The minimum atomic E-state index is -0.233. The lowest BCUT2D eigenvalue weighted by Gasteiger charge is -2.05. The Balaban J connectivity index is 1.87.